The Hall–Kier alpha value is -2.08. The zero-order valence-corrected chi connectivity index (χ0v) is 14.6. The van der Waals surface area contributed by atoms with Crippen molar-refractivity contribution in [3.05, 3.63) is 63.6 Å². The standard InChI is InChI=1S/C17H17Cl2N3O2/c1-22(9-11-6-7-13(18)14(19)8-11)10-16(23)21-15-5-3-2-4-12(15)17(20)24/h2-8H,9-10H2,1H3,(H2,20,24)(H,21,23). The number of carbonyl (C=O) groups excluding carboxylic acids is 2. The molecule has 7 heteroatoms. The Bertz CT molecular complexity index is 765. The summed E-state index contributed by atoms with van der Waals surface area (Å²) < 4.78 is 0. The Morgan fingerprint density at radius 1 is 1.12 bits per heavy atom. The summed E-state index contributed by atoms with van der Waals surface area (Å²) in [6.07, 6.45) is 0. The Morgan fingerprint density at radius 2 is 1.83 bits per heavy atom. The fraction of sp³-hybridized carbons (Fsp3) is 0.176. The minimum absolute atomic E-state index is 0.146. The topological polar surface area (TPSA) is 75.4 Å². The molecule has 0 saturated carbocycles. The van der Waals surface area contributed by atoms with Crippen molar-refractivity contribution in [2.45, 2.75) is 6.54 Å². The largest absolute Gasteiger partial charge is 0.366 e. The van der Waals surface area contributed by atoms with Crippen molar-refractivity contribution in [2.75, 3.05) is 18.9 Å². The van der Waals surface area contributed by atoms with Crippen LogP contribution in [-0.2, 0) is 11.3 Å². The first-order valence-corrected chi connectivity index (χ1v) is 7.93. The van der Waals surface area contributed by atoms with Gasteiger partial charge in [-0.15, -0.1) is 0 Å². The molecule has 5 nitrogen and oxygen atoms in total. The molecule has 126 valence electrons. The molecule has 3 N–H and O–H groups in total. The van der Waals surface area contributed by atoms with Crippen LogP contribution < -0.4 is 11.1 Å². The smallest absolute Gasteiger partial charge is 0.250 e. The number of rotatable bonds is 6. The first kappa shape index (κ1) is 18.3. The number of amides is 2. The average molecular weight is 366 g/mol. The Balaban J connectivity index is 1.97. The van der Waals surface area contributed by atoms with Gasteiger partial charge < -0.3 is 11.1 Å². The Morgan fingerprint density at radius 3 is 2.50 bits per heavy atom. The summed E-state index contributed by atoms with van der Waals surface area (Å²) in [4.78, 5) is 25.3. The number of nitrogens with one attached hydrogen (secondary N) is 1. The van der Waals surface area contributed by atoms with Crippen molar-refractivity contribution in [1.82, 2.24) is 4.90 Å². The molecule has 2 aromatic carbocycles. The van der Waals surface area contributed by atoms with Gasteiger partial charge in [0.2, 0.25) is 5.91 Å². The van der Waals surface area contributed by atoms with Crippen molar-refractivity contribution in [3.8, 4) is 0 Å². The predicted octanol–water partition coefficient (Wildman–Crippen LogP) is 3.16. The van der Waals surface area contributed by atoms with Crippen LogP contribution in [0, 0.1) is 0 Å². The van der Waals surface area contributed by atoms with Gasteiger partial charge in [0, 0.05) is 6.54 Å². The number of nitrogens with two attached hydrogens (primary N) is 1. The summed E-state index contributed by atoms with van der Waals surface area (Å²) in [5, 5.41) is 3.66. The first-order valence-electron chi connectivity index (χ1n) is 7.18. The maximum atomic E-state index is 12.2. The van der Waals surface area contributed by atoms with Crippen molar-refractivity contribution in [2.24, 2.45) is 5.73 Å². The Labute approximate surface area is 150 Å². The number of carbonyl (C=O) groups is 2. The fourth-order valence-corrected chi connectivity index (χ4v) is 2.57. The van der Waals surface area contributed by atoms with Gasteiger partial charge in [-0.1, -0.05) is 41.4 Å². The molecule has 0 aromatic heterocycles. The molecule has 0 aliphatic rings. The third-order valence-electron chi connectivity index (χ3n) is 3.32. The van der Waals surface area contributed by atoms with Crippen LogP contribution in [0.2, 0.25) is 10.0 Å². The van der Waals surface area contributed by atoms with Crippen LogP contribution in [-0.4, -0.2) is 30.3 Å². The zero-order valence-electron chi connectivity index (χ0n) is 13.1. The average Bonchev–Trinajstić information content (AvgIpc) is 2.51. The van der Waals surface area contributed by atoms with Gasteiger partial charge in [-0.05, 0) is 36.9 Å². The lowest BCUT2D eigenvalue weighted by atomic mass is 10.1. The lowest BCUT2D eigenvalue weighted by molar-refractivity contribution is -0.117. The van der Waals surface area contributed by atoms with Crippen LogP contribution in [0.5, 0.6) is 0 Å². The molecule has 0 spiro atoms. The van der Waals surface area contributed by atoms with Gasteiger partial charge in [-0.2, -0.15) is 0 Å². The zero-order chi connectivity index (χ0) is 17.7. The second kappa shape index (κ2) is 8.15. The van der Waals surface area contributed by atoms with Crippen molar-refractivity contribution < 1.29 is 9.59 Å². The van der Waals surface area contributed by atoms with Crippen molar-refractivity contribution >= 4 is 40.7 Å². The van der Waals surface area contributed by atoms with E-state index in [-0.39, 0.29) is 18.0 Å². The van der Waals surface area contributed by atoms with Gasteiger partial charge in [0.05, 0.1) is 27.8 Å². The maximum absolute atomic E-state index is 12.2. The van der Waals surface area contributed by atoms with Crippen LogP contribution in [0.3, 0.4) is 0 Å². The van der Waals surface area contributed by atoms with Crippen molar-refractivity contribution in [1.29, 1.82) is 0 Å². The summed E-state index contributed by atoms with van der Waals surface area (Å²) in [5.41, 5.74) is 6.91. The maximum Gasteiger partial charge on any atom is 0.250 e. The molecular formula is C17H17Cl2N3O2. The summed E-state index contributed by atoms with van der Waals surface area (Å²) in [6.45, 7) is 0.676. The summed E-state index contributed by atoms with van der Waals surface area (Å²) in [7, 11) is 1.81. The van der Waals surface area contributed by atoms with Gasteiger partial charge in [-0.25, -0.2) is 0 Å². The van der Waals surface area contributed by atoms with E-state index in [1.54, 1.807) is 36.4 Å². The quantitative estimate of drug-likeness (QED) is 0.825. The van der Waals surface area contributed by atoms with Crippen LogP contribution in [0.1, 0.15) is 15.9 Å². The van der Waals surface area contributed by atoms with E-state index in [1.807, 2.05) is 18.0 Å². The van der Waals surface area contributed by atoms with Crippen LogP contribution in [0.4, 0.5) is 5.69 Å². The second-order valence-corrected chi connectivity index (χ2v) is 6.19. The molecule has 2 aromatic rings. The van der Waals surface area contributed by atoms with E-state index in [0.717, 1.165) is 5.56 Å². The lowest BCUT2D eigenvalue weighted by Gasteiger charge is -2.17. The Kier molecular flexibility index (Phi) is 6.20. The van der Waals surface area contributed by atoms with E-state index < -0.39 is 5.91 Å². The first-order chi connectivity index (χ1) is 11.4. The summed E-state index contributed by atoms with van der Waals surface area (Å²) in [5.74, 6) is -0.832. The third-order valence-corrected chi connectivity index (χ3v) is 4.06. The fourth-order valence-electron chi connectivity index (χ4n) is 2.25. The minimum Gasteiger partial charge on any atom is -0.366 e. The number of primary amides is 1. The highest BCUT2D eigenvalue weighted by Gasteiger charge is 2.12. The SMILES string of the molecule is CN(CC(=O)Nc1ccccc1C(N)=O)Cc1ccc(Cl)c(Cl)c1. The molecule has 0 heterocycles. The molecular weight excluding hydrogens is 349 g/mol. The van der Waals surface area contributed by atoms with Crippen LogP contribution >= 0.6 is 23.2 Å². The minimum atomic E-state index is -0.588. The summed E-state index contributed by atoms with van der Waals surface area (Å²) >= 11 is 11.9. The van der Waals surface area contributed by atoms with E-state index in [4.69, 9.17) is 28.9 Å². The molecule has 0 atom stereocenters. The number of benzene rings is 2. The van der Waals surface area contributed by atoms with Gasteiger partial charge in [0.15, 0.2) is 0 Å². The molecule has 0 fully saturated rings. The number of para-hydroxylation sites is 1. The number of hydrogen-bond donors (Lipinski definition) is 2. The molecule has 0 saturated heterocycles. The number of likely N-dealkylation sites (N-methyl/N-ethyl adjacent to an activating group) is 1. The molecule has 0 bridgehead atoms. The molecule has 2 amide bonds. The second-order valence-electron chi connectivity index (χ2n) is 5.38. The normalized spacial score (nSPS) is 10.7. The van der Waals surface area contributed by atoms with E-state index >= 15 is 0 Å². The molecule has 0 radical (unpaired) electrons. The lowest BCUT2D eigenvalue weighted by Crippen LogP contribution is -2.30. The van der Waals surface area contributed by atoms with Crippen LogP contribution in [0.25, 0.3) is 0 Å². The van der Waals surface area contributed by atoms with E-state index in [9.17, 15) is 9.59 Å². The van der Waals surface area contributed by atoms with Gasteiger partial charge in [0.25, 0.3) is 5.91 Å². The van der Waals surface area contributed by atoms with Crippen molar-refractivity contribution in [3.63, 3.8) is 0 Å². The van der Waals surface area contributed by atoms with E-state index in [1.165, 1.54) is 0 Å². The number of anilines is 1. The number of halogens is 2. The molecule has 0 aliphatic heterocycles. The van der Waals surface area contributed by atoms with Gasteiger partial charge in [-0.3, -0.25) is 14.5 Å². The number of nitrogens with zero attached hydrogens (tertiary/aromatic N) is 1. The molecule has 2 rings (SSSR count). The monoisotopic (exact) mass is 365 g/mol. The molecule has 0 unspecified atom stereocenters. The molecule has 24 heavy (non-hydrogen) atoms. The third kappa shape index (κ3) is 4.96. The highest BCUT2D eigenvalue weighted by molar-refractivity contribution is 6.42. The van der Waals surface area contributed by atoms with E-state index in [2.05, 4.69) is 5.32 Å². The van der Waals surface area contributed by atoms with Gasteiger partial charge >= 0.3 is 0 Å². The van der Waals surface area contributed by atoms with Gasteiger partial charge in [0.1, 0.15) is 0 Å². The highest BCUT2D eigenvalue weighted by atomic mass is 35.5. The molecule has 0 aliphatic carbocycles. The van der Waals surface area contributed by atoms with Crippen LogP contribution in [0.15, 0.2) is 42.5 Å². The summed E-state index contributed by atoms with van der Waals surface area (Å²) in [6, 6.07) is 11.9. The number of hydrogen-bond acceptors (Lipinski definition) is 3. The highest BCUT2D eigenvalue weighted by Crippen LogP contribution is 2.23. The predicted molar refractivity (Wildman–Crippen MR) is 96.4 cm³/mol. The van der Waals surface area contributed by atoms with E-state index in [0.29, 0.717) is 22.3 Å².